The molecule has 2 rings (SSSR count). The maximum Gasteiger partial charge on any atom is 0.218 e. The molecular weight excluding hydrogens is 270 g/mol. The topological polar surface area (TPSA) is 70.6 Å². The van der Waals surface area contributed by atoms with E-state index in [1.54, 1.807) is 0 Å². The van der Waals surface area contributed by atoms with Crippen molar-refractivity contribution in [2.75, 3.05) is 0 Å². The summed E-state index contributed by atoms with van der Waals surface area (Å²) in [5.41, 5.74) is 7.93. The predicted molar refractivity (Wildman–Crippen MR) is 67.9 cm³/mol. The van der Waals surface area contributed by atoms with Gasteiger partial charge in [-0.2, -0.15) is 0 Å². The lowest BCUT2D eigenvalue weighted by atomic mass is 10.1. The van der Waals surface area contributed by atoms with E-state index in [9.17, 15) is 0 Å². The van der Waals surface area contributed by atoms with Crippen LogP contribution in [0.1, 0.15) is 0 Å². The summed E-state index contributed by atoms with van der Waals surface area (Å²) < 4.78 is 0.998. The van der Waals surface area contributed by atoms with Gasteiger partial charge in [-0.25, -0.2) is 10.5 Å². The average Bonchev–Trinajstić information content (AvgIpc) is 2.33. The Morgan fingerprint density at radius 3 is 2.56 bits per heavy atom. The zero-order chi connectivity index (χ0) is 11.5. The zero-order valence-corrected chi connectivity index (χ0v) is 9.90. The van der Waals surface area contributed by atoms with Gasteiger partial charge in [-0.05, 0) is 17.5 Å². The molecule has 5 heteroatoms. The van der Waals surface area contributed by atoms with Crippen LogP contribution in [0.4, 0.5) is 5.69 Å². The minimum atomic E-state index is -0.0347. The minimum Gasteiger partial charge on any atom is -0.368 e. The number of aliphatic imine (C=N–C) groups is 1. The molecule has 0 fully saturated rings. The Morgan fingerprint density at radius 1 is 1.19 bits per heavy atom. The molecule has 82 valence electrons. The Labute approximate surface area is 101 Å². The summed E-state index contributed by atoms with van der Waals surface area (Å²) >= 11 is 3.47. The summed E-state index contributed by atoms with van der Waals surface area (Å²) in [4.78, 5) is 4.06. The van der Waals surface area contributed by atoms with Crippen molar-refractivity contribution in [3.8, 4) is 0 Å². The number of nitrogens with one attached hydrogen (secondary N) is 1. The summed E-state index contributed by atoms with van der Waals surface area (Å²) in [6.07, 6.45) is 0. The first-order valence-electron chi connectivity index (χ1n) is 4.64. The predicted octanol–water partition coefficient (Wildman–Crippen LogP) is 2.53. The quantitative estimate of drug-likeness (QED) is 0.427. The molecule has 0 heterocycles. The van der Waals surface area contributed by atoms with E-state index in [2.05, 4.69) is 20.9 Å². The summed E-state index contributed by atoms with van der Waals surface area (Å²) in [6, 6.07) is 11.5. The van der Waals surface area contributed by atoms with Crippen molar-refractivity contribution in [2.24, 2.45) is 10.7 Å². The van der Waals surface area contributed by atoms with Crippen molar-refractivity contribution in [2.45, 2.75) is 0 Å². The van der Waals surface area contributed by atoms with E-state index < -0.39 is 0 Å². The van der Waals surface area contributed by atoms with Crippen molar-refractivity contribution in [3.63, 3.8) is 0 Å². The Balaban J connectivity index is 2.68. The van der Waals surface area contributed by atoms with Gasteiger partial charge in [0.1, 0.15) is 0 Å². The fourth-order valence-corrected chi connectivity index (χ4v) is 1.98. The van der Waals surface area contributed by atoms with E-state index in [0.717, 1.165) is 15.2 Å². The fourth-order valence-electron chi connectivity index (χ4n) is 1.50. The number of fused-ring (bicyclic) bond motifs is 1. The molecule has 0 aliphatic heterocycles. The fraction of sp³-hybridized carbons (Fsp3) is 0. The Kier molecular flexibility index (Phi) is 3.07. The van der Waals surface area contributed by atoms with Gasteiger partial charge in [0.05, 0.1) is 5.69 Å². The largest absolute Gasteiger partial charge is 0.368 e. The van der Waals surface area contributed by atoms with Crippen LogP contribution in [-0.4, -0.2) is 11.2 Å². The number of nitrogens with zero attached hydrogens (tertiary/aromatic N) is 1. The number of halogens is 1. The molecule has 0 saturated carbocycles. The molecule has 0 aliphatic rings. The smallest absolute Gasteiger partial charge is 0.218 e. The molecule has 0 bridgehead atoms. The maximum atomic E-state index is 8.61. The van der Waals surface area contributed by atoms with E-state index in [-0.39, 0.29) is 5.96 Å². The lowest BCUT2D eigenvalue weighted by Crippen LogP contribution is -2.27. The van der Waals surface area contributed by atoms with Crippen molar-refractivity contribution in [1.29, 1.82) is 0 Å². The van der Waals surface area contributed by atoms with E-state index in [0.29, 0.717) is 5.69 Å². The second-order valence-corrected chi connectivity index (χ2v) is 4.08. The number of rotatable bonds is 1. The van der Waals surface area contributed by atoms with E-state index in [4.69, 9.17) is 10.9 Å². The van der Waals surface area contributed by atoms with Gasteiger partial charge in [-0.3, -0.25) is 5.21 Å². The summed E-state index contributed by atoms with van der Waals surface area (Å²) in [5.74, 6) is -0.0347. The van der Waals surface area contributed by atoms with Gasteiger partial charge >= 0.3 is 0 Å². The molecule has 0 spiro atoms. The molecule has 0 aromatic heterocycles. The van der Waals surface area contributed by atoms with E-state index >= 15 is 0 Å². The molecule has 4 nitrogen and oxygen atoms in total. The van der Waals surface area contributed by atoms with E-state index in [1.807, 2.05) is 41.9 Å². The Morgan fingerprint density at radius 2 is 1.88 bits per heavy atom. The van der Waals surface area contributed by atoms with E-state index in [1.165, 1.54) is 0 Å². The van der Waals surface area contributed by atoms with Crippen LogP contribution in [0.25, 0.3) is 10.8 Å². The highest BCUT2D eigenvalue weighted by molar-refractivity contribution is 9.10. The molecule has 0 amide bonds. The third-order valence-corrected chi connectivity index (χ3v) is 2.89. The first kappa shape index (κ1) is 10.9. The van der Waals surface area contributed by atoms with Crippen LogP contribution < -0.4 is 11.2 Å². The third kappa shape index (κ3) is 2.00. The number of guanidine groups is 1. The SMILES string of the molecule is NC(=Nc1ccc(Br)c2ccccc12)NO. The highest BCUT2D eigenvalue weighted by Gasteiger charge is 2.03. The summed E-state index contributed by atoms with van der Waals surface area (Å²) in [7, 11) is 0. The summed E-state index contributed by atoms with van der Waals surface area (Å²) in [5, 5.41) is 10.6. The van der Waals surface area contributed by atoms with Gasteiger partial charge in [0, 0.05) is 9.86 Å². The van der Waals surface area contributed by atoms with Crippen LogP contribution in [0.5, 0.6) is 0 Å². The van der Waals surface area contributed by atoms with Crippen molar-refractivity contribution in [3.05, 3.63) is 40.9 Å². The van der Waals surface area contributed by atoms with Crippen molar-refractivity contribution >= 4 is 38.3 Å². The number of hydrogen-bond donors (Lipinski definition) is 3. The Hall–Kier alpha value is -1.59. The number of hydroxylamine groups is 1. The number of nitrogens with two attached hydrogens (primary N) is 1. The minimum absolute atomic E-state index is 0.0347. The highest BCUT2D eigenvalue weighted by atomic mass is 79.9. The third-order valence-electron chi connectivity index (χ3n) is 2.20. The zero-order valence-electron chi connectivity index (χ0n) is 8.31. The average molecular weight is 280 g/mol. The van der Waals surface area contributed by atoms with Crippen molar-refractivity contribution in [1.82, 2.24) is 5.48 Å². The standard InChI is InChI=1S/C11H10BrN3O/c12-9-5-6-10(14-11(13)15-16)8-4-2-1-3-7(8)9/h1-6,16H,(H3,13,14,15). The molecule has 0 atom stereocenters. The second kappa shape index (κ2) is 4.51. The van der Waals surface area contributed by atoms with Gasteiger partial charge in [0.2, 0.25) is 5.96 Å². The first-order chi connectivity index (χ1) is 7.72. The summed E-state index contributed by atoms with van der Waals surface area (Å²) in [6.45, 7) is 0. The second-order valence-electron chi connectivity index (χ2n) is 3.22. The Bertz CT molecular complexity index is 554. The lowest BCUT2D eigenvalue weighted by Gasteiger charge is -2.05. The van der Waals surface area contributed by atoms with Crippen LogP contribution in [0.3, 0.4) is 0 Å². The monoisotopic (exact) mass is 279 g/mol. The van der Waals surface area contributed by atoms with Crippen LogP contribution in [0, 0.1) is 0 Å². The van der Waals surface area contributed by atoms with Gasteiger partial charge in [0.15, 0.2) is 0 Å². The molecule has 0 radical (unpaired) electrons. The molecule has 0 unspecified atom stereocenters. The molecule has 2 aromatic rings. The highest BCUT2D eigenvalue weighted by Crippen LogP contribution is 2.31. The van der Waals surface area contributed by atoms with Gasteiger partial charge in [-0.15, -0.1) is 0 Å². The molecule has 0 saturated heterocycles. The maximum absolute atomic E-state index is 8.61. The molecule has 4 N–H and O–H groups in total. The van der Waals surface area contributed by atoms with Crippen LogP contribution in [0.2, 0.25) is 0 Å². The van der Waals surface area contributed by atoms with Crippen molar-refractivity contribution < 1.29 is 5.21 Å². The van der Waals surface area contributed by atoms with Gasteiger partial charge in [-0.1, -0.05) is 40.2 Å². The van der Waals surface area contributed by atoms with Gasteiger partial charge in [0.25, 0.3) is 0 Å². The van der Waals surface area contributed by atoms with Crippen LogP contribution >= 0.6 is 15.9 Å². The van der Waals surface area contributed by atoms with Crippen LogP contribution in [-0.2, 0) is 0 Å². The lowest BCUT2D eigenvalue weighted by molar-refractivity contribution is 0.233. The van der Waals surface area contributed by atoms with Crippen LogP contribution in [0.15, 0.2) is 45.9 Å². The molecule has 2 aromatic carbocycles. The molecular formula is C11H10BrN3O. The number of benzene rings is 2. The normalized spacial score (nSPS) is 11.8. The number of hydrogen-bond acceptors (Lipinski definition) is 2. The molecule has 0 aliphatic carbocycles. The van der Waals surface area contributed by atoms with Gasteiger partial charge < -0.3 is 5.73 Å². The first-order valence-corrected chi connectivity index (χ1v) is 5.43. The molecule has 16 heavy (non-hydrogen) atoms.